The highest BCUT2D eigenvalue weighted by Gasteiger charge is 2.38. The molecule has 166 valence electrons. The average molecular weight is 484 g/mol. The number of nitrogens with zero attached hydrogens (tertiary/aromatic N) is 1. The van der Waals surface area contributed by atoms with Gasteiger partial charge in [-0.2, -0.15) is 0 Å². The van der Waals surface area contributed by atoms with E-state index in [1.54, 1.807) is 30.3 Å². The molecule has 1 aliphatic rings. The van der Waals surface area contributed by atoms with Crippen molar-refractivity contribution in [1.29, 1.82) is 0 Å². The van der Waals surface area contributed by atoms with Crippen molar-refractivity contribution in [2.75, 3.05) is 18.6 Å². The van der Waals surface area contributed by atoms with Crippen LogP contribution in [-0.2, 0) is 4.74 Å². The number of anilines is 1. The lowest BCUT2D eigenvalue weighted by Crippen LogP contribution is -2.29. The monoisotopic (exact) mass is 483 g/mol. The molecule has 4 rings (SSSR count). The van der Waals surface area contributed by atoms with Gasteiger partial charge in [-0.1, -0.05) is 29.3 Å². The molecular weight excluding hydrogens is 469 g/mol. The summed E-state index contributed by atoms with van der Waals surface area (Å²) in [4.78, 5) is 51.4. The van der Waals surface area contributed by atoms with Crippen molar-refractivity contribution in [3.63, 3.8) is 0 Å². The van der Waals surface area contributed by atoms with Gasteiger partial charge >= 0.3 is 5.97 Å². The fraction of sp³-hybridized carbons (Fsp3) is 0.0833. The van der Waals surface area contributed by atoms with Gasteiger partial charge in [0.1, 0.15) is 5.75 Å². The van der Waals surface area contributed by atoms with E-state index in [2.05, 4.69) is 0 Å². The maximum atomic E-state index is 12.9. The first kappa shape index (κ1) is 22.5. The van der Waals surface area contributed by atoms with Gasteiger partial charge in [0, 0.05) is 5.56 Å². The Hall–Kier alpha value is -3.68. The second-order valence-electron chi connectivity index (χ2n) is 7.01. The molecule has 2 amide bonds. The van der Waals surface area contributed by atoms with E-state index in [-0.39, 0.29) is 32.4 Å². The molecule has 0 fully saturated rings. The van der Waals surface area contributed by atoms with E-state index in [1.165, 1.54) is 37.4 Å². The van der Waals surface area contributed by atoms with E-state index < -0.39 is 30.2 Å². The van der Waals surface area contributed by atoms with Gasteiger partial charge in [-0.05, 0) is 54.6 Å². The summed E-state index contributed by atoms with van der Waals surface area (Å²) < 4.78 is 10.1. The maximum absolute atomic E-state index is 12.9. The van der Waals surface area contributed by atoms with Crippen LogP contribution >= 0.6 is 23.2 Å². The van der Waals surface area contributed by atoms with Crippen molar-refractivity contribution < 1.29 is 28.7 Å². The predicted molar refractivity (Wildman–Crippen MR) is 122 cm³/mol. The molecule has 0 atom stereocenters. The van der Waals surface area contributed by atoms with Crippen LogP contribution in [-0.4, -0.2) is 37.3 Å². The highest BCUT2D eigenvalue weighted by atomic mass is 35.5. The average Bonchev–Trinajstić information content (AvgIpc) is 3.08. The number of Topliss-reactive ketones (excluding diaryl/α,β-unsaturated/α-hetero) is 1. The van der Waals surface area contributed by atoms with Crippen LogP contribution in [0.1, 0.15) is 41.4 Å². The molecule has 3 aromatic rings. The number of hydrogen-bond acceptors (Lipinski definition) is 6. The van der Waals surface area contributed by atoms with E-state index in [9.17, 15) is 19.2 Å². The summed E-state index contributed by atoms with van der Waals surface area (Å²) in [7, 11) is 1.51. The number of esters is 1. The number of carbonyl (C=O) groups is 4. The zero-order valence-electron chi connectivity index (χ0n) is 17.1. The number of ketones is 1. The number of ether oxygens (including phenoxy) is 2. The Kier molecular flexibility index (Phi) is 6.18. The zero-order valence-corrected chi connectivity index (χ0v) is 18.6. The van der Waals surface area contributed by atoms with Gasteiger partial charge in [-0.25, -0.2) is 9.69 Å². The van der Waals surface area contributed by atoms with E-state index >= 15 is 0 Å². The summed E-state index contributed by atoms with van der Waals surface area (Å²) in [5.74, 6) is -1.86. The highest BCUT2D eigenvalue weighted by molar-refractivity contribution is 6.46. The van der Waals surface area contributed by atoms with Crippen molar-refractivity contribution in [3.8, 4) is 5.75 Å². The van der Waals surface area contributed by atoms with E-state index in [0.29, 0.717) is 11.3 Å². The molecule has 33 heavy (non-hydrogen) atoms. The Morgan fingerprint density at radius 2 is 1.55 bits per heavy atom. The van der Waals surface area contributed by atoms with E-state index in [0.717, 1.165) is 4.90 Å². The van der Waals surface area contributed by atoms with Crippen molar-refractivity contribution in [1.82, 2.24) is 0 Å². The normalized spacial score (nSPS) is 12.5. The second kappa shape index (κ2) is 9.05. The molecular formula is C24H15Cl2NO6. The summed E-state index contributed by atoms with van der Waals surface area (Å²) >= 11 is 12.2. The molecule has 0 unspecified atom stereocenters. The number of amides is 2. The first-order valence-electron chi connectivity index (χ1n) is 9.63. The molecule has 0 N–H and O–H groups in total. The fourth-order valence-corrected chi connectivity index (χ4v) is 3.71. The van der Waals surface area contributed by atoms with Crippen molar-refractivity contribution >= 4 is 52.5 Å². The van der Waals surface area contributed by atoms with Crippen LogP contribution in [0.2, 0.25) is 10.0 Å². The first-order chi connectivity index (χ1) is 15.8. The lowest BCUT2D eigenvalue weighted by molar-refractivity contribution is 0.0474. The van der Waals surface area contributed by atoms with Crippen LogP contribution in [0.25, 0.3) is 0 Å². The molecule has 1 aliphatic heterocycles. The van der Waals surface area contributed by atoms with Gasteiger partial charge in [-0.15, -0.1) is 0 Å². The van der Waals surface area contributed by atoms with Crippen LogP contribution in [0.5, 0.6) is 5.75 Å². The van der Waals surface area contributed by atoms with Gasteiger partial charge in [0.05, 0.1) is 39.5 Å². The van der Waals surface area contributed by atoms with Crippen molar-refractivity contribution in [2.24, 2.45) is 0 Å². The van der Waals surface area contributed by atoms with Crippen LogP contribution in [0.4, 0.5) is 5.69 Å². The van der Waals surface area contributed by atoms with Crippen molar-refractivity contribution in [3.05, 3.63) is 93.0 Å². The molecule has 0 saturated carbocycles. The molecule has 0 aliphatic carbocycles. The molecule has 1 heterocycles. The summed E-state index contributed by atoms with van der Waals surface area (Å²) in [6.07, 6.45) is 0. The second-order valence-corrected chi connectivity index (χ2v) is 7.79. The van der Waals surface area contributed by atoms with Crippen LogP contribution in [0.3, 0.4) is 0 Å². The Balaban J connectivity index is 1.51. The minimum absolute atomic E-state index is 0.0203. The molecule has 3 aromatic carbocycles. The number of rotatable bonds is 6. The number of fused-ring (bicyclic) bond motifs is 1. The predicted octanol–water partition coefficient (Wildman–Crippen LogP) is 4.84. The van der Waals surface area contributed by atoms with Crippen molar-refractivity contribution in [2.45, 2.75) is 0 Å². The molecule has 7 nitrogen and oxygen atoms in total. The van der Waals surface area contributed by atoms with E-state index in [4.69, 9.17) is 32.7 Å². The topological polar surface area (TPSA) is 90.0 Å². The molecule has 0 bridgehead atoms. The Morgan fingerprint density at radius 3 is 2.24 bits per heavy atom. The third-order valence-electron chi connectivity index (χ3n) is 5.04. The van der Waals surface area contributed by atoms with Gasteiger partial charge in [0.15, 0.2) is 12.4 Å². The SMILES string of the molecule is COc1ccc(C(=O)COC(=O)c2ccc3c(c2)C(=O)N(c2cccc(Cl)c2Cl)C3=O)cc1. The number of imide groups is 1. The number of carbonyl (C=O) groups excluding carboxylic acids is 4. The third-order valence-corrected chi connectivity index (χ3v) is 5.85. The number of benzene rings is 3. The van der Waals surface area contributed by atoms with Crippen LogP contribution < -0.4 is 9.64 Å². The molecule has 0 spiro atoms. The Morgan fingerprint density at radius 1 is 0.879 bits per heavy atom. The summed E-state index contributed by atoms with van der Waals surface area (Å²) in [5.41, 5.74) is 0.655. The van der Waals surface area contributed by atoms with Gasteiger partial charge < -0.3 is 9.47 Å². The molecule has 0 saturated heterocycles. The number of hydrogen-bond donors (Lipinski definition) is 0. The van der Waals surface area contributed by atoms with Gasteiger partial charge in [0.2, 0.25) is 0 Å². The number of methoxy groups -OCH3 is 1. The minimum Gasteiger partial charge on any atom is -0.497 e. The summed E-state index contributed by atoms with van der Waals surface area (Å²) in [6, 6.07) is 14.9. The maximum Gasteiger partial charge on any atom is 0.338 e. The van der Waals surface area contributed by atoms with E-state index in [1.807, 2.05) is 0 Å². The number of halogens is 2. The van der Waals surface area contributed by atoms with Gasteiger partial charge in [-0.3, -0.25) is 14.4 Å². The summed E-state index contributed by atoms with van der Waals surface area (Å²) in [5, 5.41) is 0.252. The largest absolute Gasteiger partial charge is 0.497 e. The standard InChI is InChI=1S/C24H15Cl2NO6/c1-32-15-8-5-13(6-9-15)20(28)12-33-24(31)14-7-10-16-17(11-14)23(30)27(22(16)29)19-4-2-3-18(25)21(19)26/h2-11H,12H2,1H3. The first-order valence-corrected chi connectivity index (χ1v) is 10.4. The third kappa shape index (κ3) is 4.20. The van der Waals surface area contributed by atoms with Gasteiger partial charge in [0.25, 0.3) is 11.8 Å². The highest BCUT2D eigenvalue weighted by Crippen LogP contribution is 2.37. The zero-order chi connectivity index (χ0) is 23.7. The Labute approximate surface area is 198 Å². The van der Waals surface area contributed by atoms with Crippen LogP contribution in [0, 0.1) is 0 Å². The molecule has 0 radical (unpaired) electrons. The lowest BCUT2D eigenvalue weighted by atomic mass is 10.1. The Bertz CT molecular complexity index is 1300. The summed E-state index contributed by atoms with van der Waals surface area (Å²) in [6.45, 7) is -0.487. The smallest absolute Gasteiger partial charge is 0.338 e. The fourth-order valence-electron chi connectivity index (χ4n) is 3.33. The van der Waals surface area contributed by atoms with Crippen LogP contribution in [0.15, 0.2) is 60.7 Å². The minimum atomic E-state index is -0.806. The molecule has 0 aromatic heterocycles. The molecule has 9 heteroatoms. The lowest BCUT2D eigenvalue weighted by Gasteiger charge is -2.15. The quantitative estimate of drug-likeness (QED) is 0.283.